The Morgan fingerprint density at radius 2 is 2.12 bits per heavy atom. The number of ether oxygens (including phenoxy) is 1. The molecule has 0 aliphatic heterocycles. The smallest absolute Gasteiger partial charge is 0.340 e. The molecule has 0 saturated heterocycles. The summed E-state index contributed by atoms with van der Waals surface area (Å²) < 4.78 is 4.61. The molecule has 0 saturated carbocycles. The highest BCUT2D eigenvalue weighted by molar-refractivity contribution is 6.27. The lowest BCUT2D eigenvalue weighted by atomic mass is 10.0. The highest BCUT2D eigenvalue weighted by atomic mass is 35.5. The fourth-order valence-corrected chi connectivity index (χ4v) is 1.47. The molecule has 1 rings (SSSR count). The molecule has 16 heavy (non-hydrogen) atoms. The van der Waals surface area contributed by atoms with Crippen molar-refractivity contribution in [2.24, 2.45) is 0 Å². The van der Waals surface area contributed by atoms with E-state index in [1.165, 1.54) is 7.11 Å². The molecule has 1 aromatic carbocycles. The molecular formula is C11H12ClNO3. The van der Waals surface area contributed by atoms with E-state index in [1.807, 2.05) is 0 Å². The molecule has 0 radical (unpaired) electrons. The van der Waals surface area contributed by atoms with Gasteiger partial charge in [0.15, 0.2) is 5.78 Å². The van der Waals surface area contributed by atoms with E-state index in [9.17, 15) is 9.59 Å². The van der Waals surface area contributed by atoms with Gasteiger partial charge in [0, 0.05) is 12.1 Å². The van der Waals surface area contributed by atoms with Gasteiger partial charge in [-0.2, -0.15) is 0 Å². The number of hydrogen-bond donors (Lipinski definition) is 1. The number of halogens is 1. The molecule has 0 spiro atoms. The van der Waals surface area contributed by atoms with Crippen LogP contribution in [-0.2, 0) is 16.0 Å². The van der Waals surface area contributed by atoms with Crippen molar-refractivity contribution in [3.05, 3.63) is 29.3 Å². The van der Waals surface area contributed by atoms with Gasteiger partial charge in [-0.1, -0.05) is 12.1 Å². The zero-order valence-electron chi connectivity index (χ0n) is 8.83. The van der Waals surface area contributed by atoms with Crippen LogP contribution in [0, 0.1) is 0 Å². The van der Waals surface area contributed by atoms with Crippen molar-refractivity contribution in [3.63, 3.8) is 0 Å². The monoisotopic (exact) mass is 241 g/mol. The number of alkyl halides is 1. The fourth-order valence-electron chi connectivity index (χ4n) is 1.38. The van der Waals surface area contributed by atoms with Crippen LogP contribution in [0.2, 0.25) is 0 Å². The fraction of sp³-hybridized carbons (Fsp3) is 0.273. The lowest BCUT2D eigenvalue weighted by Crippen LogP contribution is -2.13. The second-order valence-electron chi connectivity index (χ2n) is 3.22. The van der Waals surface area contributed by atoms with Crippen molar-refractivity contribution in [2.45, 2.75) is 6.42 Å². The number of carbonyl (C=O) groups excluding carboxylic acids is 2. The number of Topliss-reactive ketones (excluding diaryl/α,β-unsaturated/α-hetero) is 1. The quantitative estimate of drug-likeness (QED) is 0.492. The van der Waals surface area contributed by atoms with Gasteiger partial charge in [-0.25, -0.2) is 4.79 Å². The van der Waals surface area contributed by atoms with E-state index < -0.39 is 5.97 Å². The van der Waals surface area contributed by atoms with E-state index in [0.717, 1.165) is 0 Å². The minimum Gasteiger partial charge on any atom is -0.465 e. The van der Waals surface area contributed by atoms with Gasteiger partial charge >= 0.3 is 5.97 Å². The van der Waals surface area contributed by atoms with Crippen LogP contribution in [0.25, 0.3) is 0 Å². The Morgan fingerprint density at radius 3 is 2.69 bits per heavy atom. The minimum absolute atomic E-state index is 0.0823. The van der Waals surface area contributed by atoms with E-state index in [-0.39, 0.29) is 23.6 Å². The molecule has 0 aliphatic carbocycles. The molecule has 0 aromatic heterocycles. The second-order valence-corrected chi connectivity index (χ2v) is 3.49. The molecule has 0 atom stereocenters. The summed E-state index contributed by atoms with van der Waals surface area (Å²) >= 11 is 5.41. The van der Waals surface area contributed by atoms with Gasteiger partial charge in [0.05, 0.1) is 18.6 Å². The summed E-state index contributed by atoms with van der Waals surface area (Å²) in [6.45, 7) is 0. The van der Waals surface area contributed by atoms with Crippen molar-refractivity contribution in [1.29, 1.82) is 0 Å². The van der Waals surface area contributed by atoms with Crippen LogP contribution < -0.4 is 5.73 Å². The van der Waals surface area contributed by atoms with Gasteiger partial charge in [-0.3, -0.25) is 4.79 Å². The molecule has 0 aliphatic rings. The highest BCUT2D eigenvalue weighted by Crippen LogP contribution is 2.19. The summed E-state index contributed by atoms with van der Waals surface area (Å²) in [7, 11) is 1.27. The molecule has 86 valence electrons. The molecule has 0 fully saturated rings. The van der Waals surface area contributed by atoms with Crippen LogP contribution in [0.15, 0.2) is 18.2 Å². The Labute approximate surface area is 98.3 Å². The molecule has 4 nitrogen and oxygen atoms in total. The number of rotatable bonds is 4. The lowest BCUT2D eigenvalue weighted by molar-refractivity contribution is -0.116. The second kappa shape index (κ2) is 5.51. The van der Waals surface area contributed by atoms with Gasteiger partial charge in [0.25, 0.3) is 0 Å². The summed E-state index contributed by atoms with van der Waals surface area (Å²) in [6, 6.07) is 4.92. The van der Waals surface area contributed by atoms with Gasteiger partial charge in [0.2, 0.25) is 0 Å². The number of esters is 1. The number of nitrogens with two attached hydrogens (primary N) is 1. The van der Waals surface area contributed by atoms with Crippen molar-refractivity contribution >= 4 is 29.0 Å². The zero-order valence-corrected chi connectivity index (χ0v) is 9.58. The first-order valence-electron chi connectivity index (χ1n) is 4.63. The molecular weight excluding hydrogens is 230 g/mol. The highest BCUT2D eigenvalue weighted by Gasteiger charge is 2.16. The van der Waals surface area contributed by atoms with Gasteiger partial charge in [-0.05, 0) is 11.6 Å². The Balaban J connectivity index is 3.12. The maximum Gasteiger partial charge on any atom is 0.340 e. The zero-order chi connectivity index (χ0) is 12.1. The summed E-state index contributed by atoms with van der Waals surface area (Å²) in [6.07, 6.45) is 0.0823. The van der Waals surface area contributed by atoms with E-state index in [0.29, 0.717) is 11.3 Å². The number of benzene rings is 1. The number of ketones is 1. The van der Waals surface area contributed by atoms with Crippen molar-refractivity contribution in [1.82, 2.24) is 0 Å². The van der Waals surface area contributed by atoms with Crippen LogP contribution in [-0.4, -0.2) is 24.7 Å². The number of nitrogen functional groups attached to an aromatic ring is 1. The number of anilines is 1. The summed E-state index contributed by atoms with van der Waals surface area (Å²) in [5.41, 5.74) is 6.75. The summed E-state index contributed by atoms with van der Waals surface area (Å²) in [4.78, 5) is 22.7. The number of hydrogen-bond acceptors (Lipinski definition) is 4. The Hall–Kier alpha value is -1.55. The largest absolute Gasteiger partial charge is 0.465 e. The Bertz CT molecular complexity index is 418. The van der Waals surface area contributed by atoms with Crippen molar-refractivity contribution in [2.75, 3.05) is 18.7 Å². The Morgan fingerprint density at radius 1 is 1.44 bits per heavy atom. The average Bonchev–Trinajstić information content (AvgIpc) is 2.28. The normalized spacial score (nSPS) is 9.88. The molecule has 2 N–H and O–H groups in total. The summed E-state index contributed by atoms with van der Waals surface area (Å²) in [5.74, 6) is -0.803. The van der Waals surface area contributed by atoms with Gasteiger partial charge in [0.1, 0.15) is 0 Å². The number of methoxy groups -OCH3 is 1. The predicted molar refractivity (Wildman–Crippen MR) is 61.6 cm³/mol. The molecule has 5 heteroatoms. The van der Waals surface area contributed by atoms with Gasteiger partial charge < -0.3 is 10.5 Å². The van der Waals surface area contributed by atoms with Crippen LogP contribution in [0.5, 0.6) is 0 Å². The molecule has 0 bridgehead atoms. The van der Waals surface area contributed by atoms with E-state index in [2.05, 4.69) is 4.74 Å². The van der Waals surface area contributed by atoms with Crippen LogP contribution in [0.4, 0.5) is 5.69 Å². The standard InChI is InChI=1S/C11H12ClNO3/c1-16-11(15)10-7(5-8(14)6-12)3-2-4-9(10)13/h2-4H,5-6,13H2,1H3. The van der Waals surface area contributed by atoms with Gasteiger partial charge in [-0.15, -0.1) is 11.6 Å². The SMILES string of the molecule is COC(=O)c1c(N)cccc1CC(=O)CCl. The molecule has 0 heterocycles. The summed E-state index contributed by atoms with van der Waals surface area (Å²) in [5, 5.41) is 0. The maximum atomic E-state index is 11.5. The molecule has 1 aromatic rings. The topological polar surface area (TPSA) is 69.4 Å². The first-order valence-corrected chi connectivity index (χ1v) is 5.17. The third kappa shape index (κ3) is 2.73. The first kappa shape index (κ1) is 12.5. The third-order valence-corrected chi connectivity index (χ3v) is 2.41. The van der Waals surface area contributed by atoms with E-state index in [4.69, 9.17) is 17.3 Å². The average molecular weight is 242 g/mol. The lowest BCUT2D eigenvalue weighted by Gasteiger charge is -2.09. The van der Waals surface area contributed by atoms with Crippen LogP contribution in [0.1, 0.15) is 15.9 Å². The Kier molecular flexibility index (Phi) is 4.31. The van der Waals surface area contributed by atoms with Crippen molar-refractivity contribution in [3.8, 4) is 0 Å². The minimum atomic E-state index is -0.546. The van der Waals surface area contributed by atoms with Crippen molar-refractivity contribution < 1.29 is 14.3 Å². The number of carbonyl (C=O) groups is 2. The maximum absolute atomic E-state index is 11.5. The van der Waals surface area contributed by atoms with Crippen LogP contribution >= 0.6 is 11.6 Å². The van der Waals surface area contributed by atoms with Crippen LogP contribution in [0.3, 0.4) is 0 Å². The third-order valence-electron chi connectivity index (χ3n) is 2.11. The first-order chi connectivity index (χ1) is 7.60. The predicted octanol–water partition coefficient (Wildman–Crippen LogP) is 1.41. The molecule has 0 amide bonds. The van der Waals surface area contributed by atoms with E-state index >= 15 is 0 Å². The molecule has 0 unspecified atom stereocenters. The van der Waals surface area contributed by atoms with E-state index in [1.54, 1.807) is 18.2 Å².